The number of nitrogens with two attached hydrogens (primary N) is 1. The van der Waals surface area contributed by atoms with Gasteiger partial charge in [0.1, 0.15) is 5.75 Å². The van der Waals surface area contributed by atoms with Crippen LogP contribution in [0.5, 0.6) is 5.75 Å². The first-order valence-electron chi connectivity index (χ1n) is 5.98. The molecule has 0 saturated heterocycles. The summed E-state index contributed by atoms with van der Waals surface area (Å²) in [6, 6.07) is 9.39. The molecule has 1 unspecified atom stereocenters. The summed E-state index contributed by atoms with van der Waals surface area (Å²) in [6.45, 7) is 2.04. The average molecular weight is 420 g/mol. The minimum absolute atomic E-state index is 0.308. The molecule has 0 amide bonds. The Labute approximate surface area is 140 Å². The van der Waals surface area contributed by atoms with Crippen LogP contribution in [-0.4, -0.2) is 7.11 Å². The van der Waals surface area contributed by atoms with E-state index in [9.17, 15) is 0 Å². The molecule has 2 N–H and O–H groups in total. The Morgan fingerprint density at radius 3 is 2.45 bits per heavy atom. The molecule has 106 valence electrons. The van der Waals surface area contributed by atoms with Crippen LogP contribution < -0.4 is 10.5 Å². The van der Waals surface area contributed by atoms with Crippen molar-refractivity contribution in [1.29, 1.82) is 0 Å². The first-order chi connectivity index (χ1) is 9.43. The summed E-state index contributed by atoms with van der Waals surface area (Å²) >= 11 is 13.1. The molecule has 0 aliphatic carbocycles. The number of benzene rings is 2. The maximum absolute atomic E-state index is 6.37. The van der Waals surface area contributed by atoms with Crippen LogP contribution in [0.15, 0.2) is 39.3 Å². The van der Waals surface area contributed by atoms with Crippen molar-refractivity contribution in [2.45, 2.75) is 13.0 Å². The highest BCUT2D eigenvalue weighted by Gasteiger charge is 2.18. The number of hydrogen-bond acceptors (Lipinski definition) is 2. The van der Waals surface area contributed by atoms with Gasteiger partial charge in [0.2, 0.25) is 0 Å². The molecule has 0 radical (unpaired) electrons. The number of hydrogen-bond donors (Lipinski definition) is 1. The lowest BCUT2D eigenvalue weighted by molar-refractivity contribution is 0.405. The van der Waals surface area contributed by atoms with Crippen molar-refractivity contribution in [3.05, 3.63) is 61.0 Å². The fraction of sp³-hybridized carbons (Fsp3) is 0.200. The molecule has 0 saturated carbocycles. The zero-order valence-electron chi connectivity index (χ0n) is 11.1. The van der Waals surface area contributed by atoms with Crippen molar-refractivity contribution >= 4 is 43.5 Å². The maximum atomic E-state index is 6.37. The van der Waals surface area contributed by atoms with Crippen LogP contribution in [-0.2, 0) is 0 Å². The summed E-state index contributed by atoms with van der Waals surface area (Å²) < 4.78 is 7.26. The molecule has 0 bridgehead atoms. The average Bonchev–Trinajstić information content (AvgIpc) is 2.40. The van der Waals surface area contributed by atoms with E-state index >= 15 is 0 Å². The van der Waals surface area contributed by atoms with Gasteiger partial charge in [0.25, 0.3) is 0 Å². The summed E-state index contributed by atoms with van der Waals surface area (Å²) in [7, 11) is 1.62. The highest BCUT2D eigenvalue weighted by molar-refractivity contribution is 9.10. The molecule has 2 aromatic rings. The predicted molar refractivity (Wildman–Crippen MR) is 90.6 cm³/mol. The highest BCUT2D eigenvalue weighted by Crippen LogP contribution is 2.37. The molecular weight excluding hydrogens is 405 g/mol. The second-order valence-electron chi connectivity index (χ2n) is 4.50. The van der Waals surface area contributed by atoms with Crippen LogP contribution in [0.25, 0.3) is 0 Å². The van der Waals surface area contributed by atoms with Crippen LogP contribution in [0.3, 0.4) is 0 Å². The van der Waals surface area contributed by atoms with E-state index in [4.69, 9.17) is 22.1 Å². The van der Waals surface area contributed by atoms with Gasteiger partial charge >= 0.3 is 0 Å². The minimum Gasteiger partial charge on any atom is -0.495 e. The fourth-order valence-electron chi connectivity index (χ4n) is 2.01. The van der Waals surface area contributed by atoms with E-state index in [1.54, 1.807) is 13.2 Å². The Morgan fingerprint density at radius 1 is 1.15 bits per heavy atom. The Morgan fingerprint density at radius 2 is 1.85 bits per heavy atom. The largest absolute Gasteiger partial charge is 0.495 e. The van der Waals surface area contributed by atoms with Gasteiger partial charge < -0.3 is 10.5 Å². The molecule has 0 aliphatic rings. The molecule has 2 nitrogen and oxygen atoms in total. The van der Waals surface area contributed by atoms with E-state index in [1.165, 1.54) is 5.56 Å². The number of ether oxygens (including phenoxy) is 1. The second-order valence-corrected chi connectivity index (χ2v) is 6.64. The highest BCUT2D eigenvalue weighted by atomic mass is 79.9. The lowest BCUT2D eigenvalue weighted by Gasteiger charge is -2.18. The van der Waals surface area contributed by atoms with Gasteiger partial charge in [0, 0.05) is 15.1 Å². The molecule has 5 heteroatoms. The quantitative estimate of drug-likeness (QED) is 0.739. The van der Waals surface area contributed by atoms with Crippen molar-refractivity contribution in [3.8, 4) is 5.75 Å². The van der Waals surface area contributed by atoms with Crippen molar-refractivity contribution in [1.82, 2.24) is 0 Å². The number of methoxy groups -OCH3 is 1. The third-order valence-corrected chi connectivity index (χ3v) is 4.79. The zero-order valence-corrected chi connectivity index (χ0v) is 15.0. The molecule has 0 spiro atoms. The summed E-state index contributed by atoms with van der Waals surface area (Å²) in [6.07, 6.45) is 0. The topological polar surface area (TPSA) is 35.2 Å². The molecule has 0 aromatic heterocycles. The molecule has 0 fully saturated rings. The third-order valence-electron chi connectivity index (χ3n) is 3.13. The normalized spacial score (nSPS) is 12.3. The van der Waals surface area contributed by atoms with Crippen LogP contribution >= 0.6 is 43.5 Å². The Kier molecular flexibility index (Phi) is 5.13. The predicted octanol–water partition coefficient (Wildman–Crippen LogP) is 5.23. The van der Waals surface area contributed by atoms with Gasteiger partial charge in [-0.3, -0.25) is 0 Å². The van der Waals surface area contributed by atoms with Gasteiger partial charge in [0.05, 0.1) is 17.6 Å². The van der Waals surface area contributed by atoms with Crippen LogP contribution in [0.4, 0.5) is 0 Å². The smallest absolute Gasteiger partial charge is 0.138 e. The second kappa shape index (κ2) is 6.48. The maximum Gasteiger partial charge on any atom is 0.138 e. The molecular formula is C15H14Br2ClNO. The fourth-order valence-corrected chi connectivity index (χ4v) is 3.40. The first kappa shape index (κ1) is 15.8. The minimum atomic E-state index is -0.308. The monoisotopic (exact) mass is 417 g/mol. The number of aryl methyl sites for hydroxylation is 1. The Balaban J connectivity index is 2.52. The van der Waals surface area contributed by atoms with E-state index in [0.29, 0.717) is 10.8 Å². The van der Waals surface area contributed by atoms with Gasteiger partial charge in [-0.25, -0.2) is 0 Å². The summed E-state index contributed by atoms with van der Waals surface area (Å²) in [5, 5.41) is 0.620. The summed E-state index contributed by atoms with van der Waals surface area (Å²) in [4.78, 5) is 0. The van der Waals surface area contributed by atoms with Crippen molar-refractivity contribution in [3.63, 3.8) is 0 Å². The lowest BCUT2D eigenvalue weighted by Crippen LogP contribution is -2.13. The first-order valence-corrected chi connectivity index (χ1v) is 7.95. The van der Waals surface area contributed by atoms with Crippen LogP contribution in [0.2, 0.25) is 5.02 Å². The standard InChI is InChI=1S/C15H14Br2ClNO/c1-8-3-4-9(5-12(8)16)14(19)11-6-10(18)7-13(17)15(11)20-2/h3-7,14H,19H2,1-2H3. The van der Waals surface area contributed by atoms with Crippen molar-refractivity contribution in [2.24, 2.45) is 5.73 Å². The van der Waals surface area contributed by atoms with Crippen LogP contribution in [0, 0.1) is 6.92 Å². The van der Waals surface area contributed by atoms with Gasteiger partial charge in [-0.2, -0.15) is 0 Å². The van der Waals surface area contributed by atoms with E-state index in [0.717, 1.165) is 20.1 Å². The summed E-state index contributed by atoms with van der Waals surface area (Å²) in [5.74, 6) is 0.707. The molecule has 2 aromatic carbocycles. The Hall–Kier alpha value is -0.550. The van der Waals surface area contributed by atoms with Crippen LogP contribution in [0.1, 0.15) is 22.7 Å². The van der Waals surface area contributed by atoms with Gasteiger partial charge in [-0.05, 0) is 52.2 Å². The van der Waals surface area contributed by atoms with Gasteiger partial charge in [-0.15, -0.1) is 0 Å². The molecule has 0 aliphatic heterocycles. The molecule has 0 heterocycles. The van der Waals surface area contributed by atoms with Crippen molar-refractivity contribution in [2.75, 3.05) is 7.11 Å². The third kappa shape index (κ3) is 3.19. The van der Waals surface area contributed by atoms with Gasteiger partial charge in [-0.1, -0.05) is 39.7 Å². The molecule has 2 rings (SSSR count). The molecule has 1 atom stereocenters. The molecule has 20 heavy (non-hydrogen) atoms. The Bertz CT molecular complexity index is 646. The van der Waals surface area contributed by atoms with E-state index in [-0.39, 0.29) is 6.04 Å². The zero-order chi connectivity index (χ0) is 14.9. The van der Waals surface area contributed by atoms with E-state index in [1.807, 2.05) is 31.2 Å². The lowest BCUT2D eigenvalue weighted by atomic mass is 9.98. The van der Waals surface area contributed by atoms with E-state index < -0.39 is 0 Å². The number of halogens is 3. The van der Waals surface area contributed by atoms with Gasteiger partial charge in [0.15, 0.2) is 0 Å². The number of rotatable bonds is 3. The SMILES string of the molecule is COc1c(Br)cc(Cl)cc1C(N)c1ccc(C)c(Br)c1. The van der Waals surface area contributed by atoms with E-state index in [2.05, 4.69) is 31.9 Å². The van der Waals surface area contributed by atoms with Crippen molar-refractivity contribution < 1.29 is 4.74 Å². The summed E-state index contributed by atoms with van der Waals surface area (Å²) in [5.41, 5.74) is 9.38.